The fourth-order valence-corrected chi connectivity index (χ4v) is 5.36. The van der Waals surface area contributed by atoms with Crippen molar-refractivity contribution in [3.63, 3.8) is 0 Å². The molecule has 4 amide bonds. The fourth-order valence-electron chi connectivity index (χ4n) is 5.36. The lowest BCUT2D eigenvalue weighted by atomic mass is 9.95. The summed E-state index contributed by atoms with van der Waals surface area (Å²) < 4.78 is 33.0. The molecule has 2 unspecified atom stereocenters. The largest absolute Gasteiger partial charge is 0.488 e. The number of halogens is 2. The highest BCUT2D eigenvalue weighted by atomic mass is 19.1. The Morgan fingerprint density at radius 2 is 1.36 bits per heavy atom. The van der Waals surface area contributed by atoms with Gasteiger partial charge in [0.25, 0.3) is 0 Å². The highest BCUT2D eigenvalue weighted by Gasteiger charge is 2.32. The lowest BCUT2D eigenvalue weighted by Gasteiger charge is -2.30. The van der Waals surface area contributed by atoms with Gasteiger partial charge in [0.05, 0.1) is 6.04 Å². The molecule has 0 aliphatic rings. The average Bonchev–Trinajstić information content (AvgIpc) is 3.01. The zero-order valence-corrected chi connectivity index (χ0v) is 30.7. The van der Waals surface area contributed by atoms with Gasteiger partial charge in [0, 0.05) is 31.0 Å². The molecule has 6 N–H and O–H groups in total. The molecular weight excluding hydrogens is 644 g/mol. The number of carbonyl (C=O) groups excluding carboxylic acids is 4. The van der Waals surface area contributed by atoms with Gasteiger partial charge in [0.1, 0.15) is 24.5 Å². The lowest BCUT2D eigenvalue weighted by molar-refractivity contribution is -0.133. The van der Waals surface area contributed by atoms with Crippen LogP contribution in [0.1, 0.15) is 80.2 Å². The maximum absolute atomic E-state index is 14.1. The summed E-state index contributed by atoms with van der Waals surface area (Å²) in [4.78, 5) is 53.1. The third kappa shape index (κ3) is 14.8. The van der Waals surface area contributed by atoms with E-state index in [1.54, 1.807) is 0 Å². The Labute approximate surface area is 296 Å². The predicted octanol–water partition coefficient (Wildman–Crippen LogP) is 4.65. The summed E-state index contributed by atoms with van der Waals surface area (Å²) >= 11 is 0. The molecule has 0 heterocycles. The normalized spacial score (nSPS) is 14.5. The van der Waals surface area contributed by atoms with E-state index in [2.05, 4.69) is 21.3 Å². The van der Waals surface area contributed by atoms with Crippen molar-refractivity contribution in [1.29, 1.82) is 0 Å². The first-order valence-electron chi connectivity index (χ1n) is 17.5. The van der Waals surface area contributed by atoms with Crippen molar-refractivity contribution in [1.82, 2.24) is 21.3 Å². The summed E-state index contributed by atoms with van der Waals surface area (Å²) in [6.07, 6.45) is 0.852. The van der Waals surface area contributed by atoms with Crippen molar-refractivity contribution < 1.29 is 32.7 Å². The monoisotopic (exact) mass is 701 g/mol. The first kappa shape index (κ1) is 42.1. The quantitative estimate of drug-likeness (QED) is 0.136. The van der Waals surface area contributed by atoms with E-state index in [9.17, 15) is 28.0 Å². The zero-order chi connectivity index (χ0) is 37.5. The van der Waals surface area contributed by atoms with Gasteiger partial charge in [-0.15, -0.1) is 0 Å². The van der Waals surface area contributed by atoms with Crippen LogP contribution in [-0.2, 0) is 25.6 Å². The second-order valence-corrected chi connectivity index (χ2v) is 14.6. The Morgan fingerprint density at radius 3 is 1.92 bits per heavy atom. The van der Waals surface area contributed by atoms with Crippen LogP contribution in [0.5, 0.6) is 5.75 Å². The second-order valence-electron chi connectivity index (χ2n) is 14.6. The number of nitrogens with two attached hydrogens (primary N) is 1. The molecule has 12 heteroatoms. The minimum absolute atomic E-state index is 0.0587. The fraction of sp³-hybridized carbons (Fsp3) is 0.579. The number of amides is 4. The number of ether oxygens (including phenoxy) is 1. The minimum Gasteiger partial charge on any atom is -0.488 e. The summed E-state index contributed by atoms with van der Waals surface area (Å²) in [6, 6.07) is 8.62. The molecule has 0 aromatic heterocycles. The lowest BCUT2D eigenvalue weighted by Crippen LogP contribution is -2.59. The second kappa shape index (κ2) is 20.6. The minimum atomic E-state index is -0.937. The van der Waals surface area contributed by atoms with Crippen LogP contribution in [0.25, 0.3) is 0 Å². The molecule has 0 spiro atoms. The number of hydrogen-bond donors (Lipinski definition) is 5. The van der Waals surface area contributed by atoms with Gasteiger partial charge in [-0.1, -0.05) is 85.7 Å². The van der Waals surface area contributed by atoms with Gasteiger partial charge in [-0.05, 0) is 54.2 Å². The molecule has 0 bridgehead atoms. The van der Waals surface area contributed by atoms with Crippen LogP contribution >= 0.6 is 0 Å². The van der Waals surface area contributed by atoms with Crippen LogP contribution in [0.3, 0.4) is 0 Å². The molecule has 0 radical (unpaired) electrons. The zero-order valence-electron chi connectivity index (χ0n) is 30.7. The van der Waals surface area contributed by atoms with E-state index in [0.29, 0.717) is 12.8 Å². The SMILES string of the molecule is CC(C)CC(=O)NC(CC(C)C)C(=O)NC(C(=O)N[C@@H](Cc1ccccc1)[C@@H](N)CC(=O)N[C@H](COc1ccc(F)cc1F)C(C)C)C(C)C. The highest BCUT2D eigenvalue weighted by Crippen LogP contribution is 2.19. The Kier molecular flexibility index (Phi) is 17.3. The van der Waals surface area contributed by atoms with E-state index >= 15 is 0 Å². The van der Waals surface area contributed by atoms with Crippen LogP contribution in [0, 0.1) is 35.3 Å². The van der Waals surface area contributed by atoms with E-state index in [-0.39, 0.29) is 54.8 Å². The first-order valence-corrected chi connectivity index (χ1v) is 17.5. The topological polar surface area (TPSA) is 152 Å². The first-order chi connectivity index (χ1) is 23.5. The van der Waals surface area contributed by atoms with Crippen molar-refractivity contribution in [2.24, 2.45) is 29.4 Å². The molecule has 0 saturated heterocycles. The number of hydrogen-bond acceptors (Lipinski definition) is 6. The molecule has 2 aromatic rings. The molecule has 0 aliphatic carbocycles. The van der Waals surface area contributed by atoms with Crippen molar-refractivity contribution in [2.45, 2.75) is 111 Å². The van der Waals surface area contributed by atoms with Gasteiger partial charge in [0.15, 0.2) is 11.6 Å². The van der Waals surface area contributed by atoms with E-state index < -0.39 is 59.6 Å². The van der Waals surface area contributed by atoms with Crippen LogP contribution in [-0.4, -0.2) is 60.4 Å². The molecular formula is C38H57F2N5O5. The molecule has 0 saturated carbocycles. The van der Waals surface area contributed by atoms with Gasteiger partial charge in [-0.2, -0.15) is 0 Å². The Morgan fingerprint density at radius 1 is 0.720 bits per heavy atom. The van der Waals surface area contributed by atoms with E-state index in [1.807, 2.05) is 85.7 Å². The van der Waals surface area contributed by atoms with E-state index in [4.69, 9.17) is 10.5 Å². The molecule has 2 rings (SSSR count). The third-order valence-electron chi connectivity index (χ3n) is 8.23. The Hall–Kier alpha value is -4.06. The van der Waals surface area contributed by atoms with Crippen molar-refractivity contribution in [3.8, 4) is 5.75 Å². The van der Waals surface area contributed by atoms with Crippen LogP contribution in [0.2, 0.25) is 0 Å². The average molecular weight is 702 g/mol. The van der Waals surface area contributed by atoms with E-state index in [1.165, 1.54) is 6.07 Å². The summed E-state index contributed by atoms with van der Waals surface area (Å²) in [5.74, 6) is -3.40. The maximum Gasteiger partial charge on any atom is 0.243 e. The van der Waals surface area contributed by atoms with E-state index in [0.717, 1.165) is 17.7 Å². The molecule has 278 valence electrons. The standard InChI is InChI=1S/C38H57F2N5O5/c1-22(2)16-31(42-34(46)17-23(3)4)37(48)45-36(25(7)8)38(49)44-30(18-26-12-10-9-11-13-26)29(41)20-35(47)43-32(24(5)6)21-50-33-15-14-27(39)19-28(33)40/h9-15,19,22-25,29-32,36H,16-18,20-21,41H2,1-8H3,(H,42,46)(H,43,47)(H,44,49)(H,45,48)/t29-,30-,31?,32+,36?/m0/s1. The molecule has 2 aromatic carbocycles. The summed E-state index contributed by atoms with van der Waals surface area (Å²) in [7, 11) is 0. The predicted molar refractivity (Wildman–Crippen MR) is 191 cm³/mol. The number of rotatable bonds is 20. The summed E-state index contributed by atoms with van der Waals surface area (Å²) in [6.45, 7) is 15.1. The number of benzene rings is 2. The van der Waals surface area contributed by atoms with Gasteiger partial charge >= 0.3 is 0 Å². The Bertz CT molecular complexity index is 1390. The summed E-state index contributed by atoms with van der Waals surface area (Å²) in [5.41, 5.74) is 7.50. The number of carbonyl (C=O) groups is 4. The molecule has 10 nitrogen and oxygen atoms in total. The molecule has 50 heavy (non-hydrogen) atoms. The van der Waals surface area contributed by atoms with Crippen molar-refractivity contribution in [2.75, 3.05) is 6.61 Å². The third-order valence-corrected chi connectivity index (χ3v) is 8.23. The number of nitrogens with one attached hydrogen (secondary N) is 4. The smallest absolute Gasteiger partial charge is 0.243 e. The summed E-state index contributed by atoms with van der Waals surface area (Å²) in [5, 5.41) is 11.6. The van der Waals surface area contributed by atoms with Crippen LogP contribution in [0.4, 0.5) is 8.78 Å². The van der Waals surface area contributed by atoms with Crippen molar-refractivity contribution >= 4 is 23.6 Å². The van der Waals surface area contributed by atoms with Gasteiger partial charge < -0.3 is 31.7 Å². The highest BCUT2D eigenvalue weighted by molar-refractivity contribution is 5.92. The molecule has 0 fully saturated rings. The Balaban J connectivity index is 2.19. The van der Waals surface area contributed by atoms with Gasteiger partial charge in [0.2, 0.25) is 23.6 Å². The molecule has 5 atom stereocenters. The van der Waals surface area contributed by atoms with Crippen LogP contribution in [0.15, 0.2) is 48.5 Å². The molecule has 0 aliphatic heterocycles. The van der Waals surface area contributed by atoms with Crippen LogP contribution < -0.4 is 31.7 Å². The van der Waals surface area contributed by atoms with Crippen molar-refractivity contribution in [3.05, 3.63) is 65.7 Å². The maximum atomic E-state index is 14.1. The van der Waals surface area contributed by atoms with Gasteiger partial charge in [-0.3, -0.25) is 19.2 Å². The van der Waals surface area contributed by atoms with Gasteiger partial charge in [-0.25, -0.2) is 8.78 Å².